The molecule has 2 fully saturated rings. The molecular formula is C13H25NO2. The topological polar surface area (TPSA) is 32.7 Å². The van der Waals surface area contributed by atoms with E-state index in [0.717, 1.165) is 38.8 Å². The summed E-state index contributed by atoms with van der Waals surface area (Å²) in [6.07, 6.45) is 6.58. The minimum atomic E-state index is -0.433. The fourth-order valence-electron chi connectivity index (χ4n) is 2.94. The Bertz CT molecular complexity index is 228. The SMILES string of the molecule is CC1CC(O)(CCC2CCCO2)CCN1C. The van der Waals surface area contributed by atoms with Gasteiger partial charge in [-0.15, -0.1) is 0 Å². The lowest BCUT2D eigenvalue weighted by Gasteiger charge is -2.41. The second-order valence-electron chi connectivity index (χ2n) is 5.68. The molecule has 0 spiro atoms. The fourth-order valence-corrected chi connectivity index (χ4v) is 2.94. The van der Waals surface area contributed by atoms with Crippen LogP contribution in [0.1, 0.15) is 45.4 Å². The van der Waals surface area contributed by atoms with Crippen LogP contribution >= 0.6 is 0 Å². The van der Waals surface area contributed by atoms with Gasteiger partial charge in [-0.25, -0.2) is 0 Å². The van der Waals surface area contributed by atoms with Crippen LogP contribution in [0.2, 0.25) is 0 Å². The second kappa shape index (κ2) is 5.03. The van der Waals surface area contributed by atoms with Crippen LogP contribution in [-0.2, 0) is 4.74 Å². The molecule has 0 aromatic heterocycles. The normalized spacial score (nSPS) is 41.4. The number of piperidine rings is 1. The Morgan fingerprint density at radius 2 is 2.31 bits per heavy atom. The number of ether oxygens (including phenoxy) is 1. The third-order valence-corrected chi connectivity index (χ3v) is 4.31. The van der Waals surface area contributed by atoms with Crippen molar-refractivity contribution in [1.29, 1.82) is 0 Å². The van der Waals surface area contributed by atoms with Crippen molar-refractivity contribution in [2.75, 3.05) is 20.2 Å². The van der Waals surface area contributed by atoms with E-state index in [4.69, 9.17) is 4.74 Å². The fraction of sp³-hybridized carbons (Fsp3) is 1.00. The smallest absolute Gasteiger partial charge is 0.0675 e. The lowest BCUT2D eigenvalue weighted by Crippen LogP contribution is -2.47. The zero-order valence-corrected chi connectivity index (χ0v) is 10.6. The highest BCUT2D eigenvalue weighted by Gasteiger charge is 2.35. The number of hydrogen-bond acceptors (Lipinski definition) is 3. The molecule has 2 rings (SSSR count). The highest BCUT2D eigenvalue weighted by Crippen LogP contribution is 2.31. The molecule has 3 heteroatoms. The number of nitrogens with zero attached hydrogens (tertiary/aromatic N) is 1. The molecule has 0 aromatic rings. The minimum Gasteiger partial charge on any atom is -0.390 e. The summed E-state index contributed by atoms with van der Waals surface area (Å²) in [5.41, 5.74) is -0.433. The van der Waals surface area contributed by atoms with Gasteiger partial charge in [0, 0.05) is 19.2 Å². The average molecular weight is 227 g/mol. The first-order valence-corrected chi connectivity index (χ1v) is 6.63. The van der Waals surface area contributed by atoms with Gasteiger partial charge in [-0.2, -0.15) is 0 Å². The summed E-state index contributed by atoms with van der Waals surface area (Å²) in [6.45, 7) is 4.14. The van der Waals surface area contributed by atoms with E-state index in [1.165, 1.54) is 12.8 Å². The highest BCUT2D eigenvalue weighted by molar-refractivity contribution is 4.89. The predicted octanol–water partition coefficient (Wildman–Crippen LogP) is 1.79. The Kier molecular flexibility index (Phi) is 3.88. The predicted molar refractivity (Wildman–Crippen MR) is 64.5 cm³/mol. The first-order valence-electron chi connectivity index (χ1n) is 6.63. The van der Waals surface area contributed by atoms with E-state index in [1.54, 1.807) is 0 Å². The van der Waals surface area contributed by atoms with E-state index >= 15 is 0 Å². The van der Waals surface area contributed by atoms with Crippen LogP contribution in [0.4, 0.5) is 0 Å². The molecule has 3 nitrogen and oxygen atoms in total. The van der Waals surface area contributed by atoms with Crippen LogP contribution in [0.15, 0.2) is 0 Å². The van der Waals surface area contributed by atoms with Crippen LogP contribution in [0.25, 0.3) is 0 Å². The molecule has 0 aliphatic carbocycles. The summed E-state index contributed by atoms with van der Waals surface area (Å²) in [6, 6.07) is 0.503. The third-order valence-electron chi connectivity index (χ3n) is 4.31. The van der Waals surface area contributed by atoms with Gasteiger partial charge in [-0.05, 0) is 52.5 Å². The largest absolute Gasteiger partial charge is 0.390 e. The van der Waals surface area contributed by atoms with Crippen molar-refractivity contribution in [3.05, 3.63) is 0 Å². The van der Waals surface area contributed by atoms with Crippen LogP contribution in [0.3, 0.4) is 0 Å². The zero-order valence-electron chi connectivity index (χ0n) is 10.6. The first-order chi connectivity index (χ1) is 7.59. The van der Waals surface area contributed by atoms with Gasteiger partial charge in [-0.3, -0.25) is 0 Å². The second-order valence-corrected chi connectivity index (χ2v) is 5.68. The van der Waals surface area contributed by atoms with Crippen molar-refractivity contribution in [2.24, 2.45) is 0 Å². The number of hydrogen-bond donors (Lipinski definition) is 1. The molecule has 2 aliphatic heterocycles. The van der Waals surface area contributed by atoms with Gasteiger partial charge in [0.25, 0.3) is 0 Å². The molecule has 2 aliphatic rings. The molecule has 3 atom stereocenters. The van der Waals surface area contributed by atoms with Gasteiger partial charge in [0.1, 0.15) is 0 Å². The molecule has 16 heavy (non-hydrogen) atoms. The van der Waals surface area contributed by atoms with E-state index in [-0.39, 0.29) is 0 Å². The van der Waals surface area contributed by atoms with Crippen LogP contribution in [-0.4, -0.2) is 48.0 Å². The van der Waals surface area contributed by atoms with Crippen molar-refractivity contribution in [1.82, 2.24) is 4.90 Å². The lowest BCUT2D eigenvalue weighted by atomic mass is 9.83. The molecule has 0 aromatic carbocycles. The number of likely N-dealkylation sites (tertiary alicyclic amines) is 1. The molecular weight excluding hydrogens is 202 g/mol. The molecule has 0 amide bonds. The average Bonchev–Trinajstić information content (AvgIpc) is 2.75. The van der Waals surface area contributed by atoms with Crippen molar-refractivity contribution in [3.8, 4) is 0 Å². The van der Waals surface area contributed by atoms with Gasteiger partial charge in [0.05, 0.1) is 11.7 Å². The van der Waals surface area contributed by atoms with E-state index in [9.17, 15) is 5.11 Å². The maximum Gasteiger partial charge on any atom is 0.0675 e. The van der Waals surface area contributed by atoms with E-state index in [1.807, 2.05) is 0 Å². The molecule has 2 saturated heterocycles. The molecule has 0 bridgehead atoms. The molecule has 94 valence electrons. The third kappa shape index (κ3) is 2.96. The van der Waals surface area contributed by atoms with Crippen LogP contribution in [0, 0.1) is 0 Å². The Labute approximate surface area is 98.8 Å². The summed E-state index contributed by atoms with van der Waals surface area (Å²) >= 11 is 0. The molecule has 0 saturated carbocycles. The van der Waals surface area contributed by atoms with Crippen molar-refractivity contribution in [3.63, 3.8) is 0 Å². The van der Waals surface area contributed by atoms with Gasteiger partial charge >= 0.3 is 0 Å². The van der Waals surface area contributed by atoms with E-state index in [2.05, 4.69) is 18.9 Å². The molecule has 3 unspecified atom stereocenters. The van der Waals surface area contributed by atoms with Gasteiger partial charge in [0.15, 0.2) is 0 Å². The summed E-state index contributed by atoms with van der Waals surface area (Å²) < 4.78 is 5.62. The van der Waals surface area contributed by atoms with Gasteiger partial charge < -0.3 is 14.7 Å². The van der Waals surface area contributed by atoms with Crippen molar-refractivity contribution < 1.29 is 9.84 Å². The van der Waals surface area contributed by atoms with E-state index in [0.29, 0.717) is 12.1 Å². The molecule has 2 heterocycles. The van der Waals surface area contributed by atoms with Crippen LogP contribution in [0.5, 0.6) is 0 Å². The molecule has 1 N–H and O–H groups in total. The quantitative estimate of drug-likeness (QED) is 0.798. The Hall–Kier alpha value is -0.120. The Morgan fingerprint density at radius 1 is 1.50 bits per heavy atom. The lowest BCUT2D eigenvalue weighted by molar-refractivity contribution is -0.0509. The molecule has 0 radical (unpaired) electrons. The van der Waals surface area contributed by atoms with Crippen molar-refractivity contribution in [2.45, 2.75) is 63.2 Å². The maximum atomic E-state index is 10.5. The zero-order chi connectivity index (χ0) is 11.6. The van der Waals surface area contributed by atoms with Gasteiger partial charge in [0.2, 0.25) is 0 Å². The summed E-state index contributed by atoms with van der Waals surface area (Å²) in [5, 5.41) is 10.5. The van der Waals surface area contributed by atoms with Crippen molar-refractivity contribution >= 4 is 0 Å². The monoisotopic (exact) mass is 227 g/mol. The number of aliphatic hydroxyl groups is 1. The number of rotatable bonds is 3. The van der Waals surface area contributed by atoms with Gasteiger partial charge in [-0.1, -0.05) is 0 Å². The van der Waals surface area contributed by atoms with Crippen LogP contribution < -0.4 is 0 Å². The Morgan fingerprint density at radius 3 is 2.94 bits per heavy atom. The highest BCUT2D eigenvalue weighted by atomic mass is 16.5. The first kappa shape index (κ1) is 12.3. The summed E-state index contributed by atoms with van der Waals surface area (Å²) in [4.78, 5) is 2.33. The van der Waals surface area contributed by atoms with E-state index < -0.39 is 5.60 Å². The summed E-state index contributed by atoms with van der Waals surface area (Å²) in [5.74, 6) is 0. The minimum absolute atomic E-state index is 0.416. The maximum absolute atomic E-state index is 10.5. The summed E-state index contributed by atoms with van der Waals surface area (Å²) in [7, 11) is 2.14. The standard InChI is InChI=1S/C13H25NO2/c1-11-10-13(15,7-8-14(11)2)6-5-12-4-3-9-16-12/h11-12,15H,3-10H2,1-2H3. The Balaban J connectivity index is 1.78.